The molecule has 1 unspecified atom stereocenters. The molecule has 2 heterocycles. The first kappa shape index (κ1) is 13.3. The van der Waals surface area contributed by atoms with E-state index >= 15 is 0 Å². The molecular weight excluding hydrogens is 232 g/mol. The van der Waals surface area contributed by atoms with Gasteiger partial charge in [0.25, 0.3) is 0 Å². The van der Waals surface area contributed by atoms with E-state index in [-0.39, 0.29) is 6.10 Å². The van der Waals surface area contributed by atoms with Crippen molar-refractivity contribution in [1.82, 2.24) is 9.78 Å². The molecule has 0 radical (unpaired) electrons. The number of hydrogen-bond acceptors (Lipinski definition) is 4. The number of nitrogens with zero attached hydrogens (tertiary/aromatic N) is 2. The molecule has 0 amide bonds. The van der Waals surface area contributed by atoms with Crippen molar-refractivity contribution >= 4 is 0 Å². The van der Waals surface area contributed by atoms with Crippen molar-refractivity contribution in [2.24, 2.45) is 0 Å². The van der Waals surface area contributed by atoms with Gasteiger partial charge in [-0.2, -0.15) is 5.10 Å². The SMILES string of the molecule is C=CCOCC1OCCc2cn(CCOC)nc21. The van der Waals surface area contributed by atoms with Crippen LogP contribution in [0, 0.1) is 0 Å². The molecule has 0 saturated carbocycles. The van der Waals surface area contributed by atoms with Crippen LogP contribution in [0.4, 0.5) is 0 Å². The van der Waals surface area contributed by atoms with Crippen molar-refractivity contribution in [2.45, 2.75) is 19.1 Å². The van der Waals surface area contributed by atoms with Crippen LogP contribution in [0.15, 0.2) is 18.9 Å². The van der Waals surface area contributed by atoms with E-state index in [4.69, 9.17) is 14.2 Å². The highest BCUT2D eigenvalue weighted by Crippen LogP contribution is 2.25. The average molecular weight is 252 g/mol. The number of hydrogen-bond donors (Lipinski definition) is 0. The molecule has 0 spiro atoms. The predicted octanol–water partition coefficient (Wildman–Crippen LogP) is 1.35. The Morgan fingerprint density at radius 3 is 3.33 bits per heavy atom. The Labute approximate surface area is 107 Å². The molecule has 1 aromatic heterocycles. The van der Waals surface area contributed by atoms with E-state index in [1.165, 1.54) is 5.56 Å². The third kappa shape index (κ3) is 3.19. The largest absolute Gasteiger partial charge is 0.383 e. The Kier molecular flexibility index (Phi) is 4.92. The molecule has 5 heteroatoms. The zero-order chi connectivity index (χ0) is 12.8. The summed E-state index contributed by atoms with van der Waals surface area (Å²) < 4.78 is 18.1. The van der Waals surface area contributed by atoms with E-state index in [1.54, 1.807) is 13.2 Å². The highest BCUT2D eigenvalue weighted by Gasteiger charge is 2.24. The first-order valence-electron chi connectivity index (χ1n) is 6.20. The monoisotopic (exact) mass is 252 g/mol. The Balaban J connectivity index is 2.00. The molecule has 5 nitrogen and oxygen atoms in total. The Morgan fingerprint density at radius 2 is 2.56 bits per heavy atom. The highest BCUT2D eigenvalue weighted by atomic mass is 16.5. The lowest BCUT2D eigenvalue weighted by Crippen LogP contribution is -2.20. The van der Waals surface area contributed by atoms with Gasteiger partial charge in [-0.15, -0.1) is 6.58 Å². The molecule has 0 fully saturated rings. The zero-order valence-electron chi connectivity index (χ0n) is 10.8. The molecule has 100 valence electrons. The van der Waals surface area contributed by atoms with E-state index in [0.717, 1.165) is 25.3 Å². The maximum atomic E-state index is 5.70. The lowest BCUT2D eigenvalue weighted by molar-refractivity contribution is -0.0211. The van der Waals surface area contributed by atoms with E-state index in [0.29, 0.717) is 19.8 Å². The molecule has 1 aliphatic rings. The van der Waals surface area contributed by atoms with Crippen molar-refractivity contribution in [3.8, 4) is 0 Å². The summed E-state index contributed by atoms with van der Waals surface area (Å²) in [5, 5.41) is 4.55. The molecule has 0 bridgehead atoms. The van der Waals surface area contributed by atoms with E-state index in [1.807, 2.05) is 4.68 Å². The van der Waals surface area contributed by atoms with Crippen molar-refractivity contribution in [3.05, 3.63) is 30.1 Å². The van der Waals surface area contributed by atoms with Crippen LogP contribution in [0.3, 0.4) is 0 Å². The van der Waals surface area contributed by atoms with Gasteiger partial charge in [0, 0.05) is 13.3 Å². The van der Waals surface area contributed by atoms with E-state index < -0.39 is 0 Å². The summed E-state index contributed by atoms with van der Waals surface area (Å²) in [7, 11) is 1.69. The highest BCUT2D eigenvalue weighted by molar-refractivity contribution is 5.22. The fourth-order valence-corrected chi connectivity index (χ4v) is 2.02. The molecule has 1 aliphatic heterocycles. The number of rotatable bonds is 7. The molecule has 0 N–H and O–H groups in total. The number of ether oxygens (including phenoxy) is 3. The summed E-state index contributed by atoms with van der Waals surface area (Å²) in [6.45, 7) is 6.86. The van der Waals surface area contributed by atoms with Gasteiger partial charge in [0.15, 0.2) is 0 Å². The molecule has 0 aliphatic carbocycles. The first-order chi connectivity index (χ1) is 8.85. The fourth-order valence-electron chi connectivity index (χ4n) is 2.02. The number of aromatic nitrogens is 2. The van der Waals surface area contributed by atoms with Crippen LogP contribution in [-0.4, -0.2) is 43.3 Å². The summed E-state index contributed by atoms with van der Waals surface area (Å²) in [6.07, 6.45) is 4.68. The van der Waals surface area contributed by atoms with Crippen molar-refractivity contribution in [3.63, 3.8) is 0 Å². The van der Waals surface area contributed by atoms with Gasteiger partial charge in [-0.1, -0.05) is 6.08 Å². The van der Waals surface area contributed by atoms with Gasteiger partial charge < -0.3 is 14.2 Å². The minimum Gasteiger partial charge on any atom is -0.383 e. The van der Waals surface area contributed by atoms with Crippen LogP contribution < -0.4 is 0 Å². The summed E-state index contributed by atoms with van der Waals surface area (Å²) in [5.41, 5.74) is 2.26. The smallest absolute Gasteiger partial charge is 0.125 e. The molecule has 0 saturated heterocycles. The van der Waals surface area contributed by atoms with Gasteiger partial charge in [-0.25, -0.2) is 0 Å². The van der Waals surface area contributed by atoms with Crippen molar-refractivity contribution < 1.29 is 14.2 Å². The van der Waals surface area contributed by atoms with Gasteiger partial charge in [-0.05, 0) is 12.0 Å². The normalized spacial score (nSPS) is 18.6. The topological polar surface area (TPSA) is 45.5 Å². The standard InChI is InChI=1S/C13H20N2O3/c1-3-6-17-10-12-13-11(4-7-18-12)9-15(14-13)5-8-16-2/h3,9,12H,1,4-8,10H2,2H3. The summed E-state index contributed by atoms with van der Waals surface area (Å²) in [6, 6.07) is 0. The van der Waals surface area contributed by atoms with Crippen molar-refractivity contribution in [1.29, 1.82) is 0 Å². The van der Waals surface area contributed by atoms with Crippen LogP contribution in [0.25, 0.3) is 0 Å². The maximum Gasteiger partial charge on any atom is 0.125 e. The lowest BCUT2D eigenvalue weighted by Gasteiger charge is -2.21. The molecule has 18 heavy (non-hydrogen) atoms. The van der Waals surface area contributed by atoms with E-state index in [2.05, 4.69) is 17.9 Å². The van der Waals surface area contributed by atoms with Crippen LogP contribution in [0.1, 0.15) is 17.4 Å². The third-order valence-electron chi connectivity index (χ3n) is 2.89. The minimum absolute atomic E-state index is 0.0579. The Hall–Kier alpha value is -1.17. The average Bonchev–Trinajstić information content (AvgIpc) is 2.80. The fraction of sp³-hybridized carbons (Fsp3) is 0.615. The van der Waals surface area contributed by atoms with Crippen LogP contribution in [0.2, 0.25) is 0 Å². The number of fused-ring (bicyclic) bond motifs is 1. The van der Waals surface area contributed by atoms with Gasteiger partial charge >= 0.3 is 0 Å². The van der Waals surface area contributed by atoms with Crippen molar-refractivity contribution in [2.75, 3.05) is 33.5 Å². The number of methoxy groups -OCH3 is 1. The molecule has 1 aromatic rings. The second-order valence-corrected chi connectivity index (χ2v) is 4.23. The van der Waals surface area contributed by atoms with Gasteiger partial charge in [0.2, 0.25) is 0 Å². The zero-order valence-corrected chi connectivity index (χ0v) is 10.8. The second-order valence-electron chi connectivity index (χ2n) is 4.23. The third-order valence-corrected chi connectivity index (χ3v) is 2.89. The Morgan fingerprint density at radius 1 is 1.67 bits per heavy atom. The molecule has 0 aromatic carbocycles. The molecule has 2 rings (SSSR count). The maximum absolute atomic E-state index is 5.70. The predicted molar refractivity (Wildman–Crippen MR) is 67.5 cm³/mol. The van der Waals surface area contributed by atoms with Gasteiger partial charge in [0.05, 0.1) is 38.7 Å². The van der Waals surface area contributed by atoms with Crippen LogP contribution in [-0.2, 0) is 27.2 Å². The van der Waals surface area contributed by atoms with Gasteiger partial charge in [0.1, 0.15) is 6.10 Å². The first-order valence-corrected chi connectivity index (χ1v) is 6.20. The Bertz CT molecular complexity index is 390. The second kappa shape index (κ2) is 6.68. The van der Waals surface area contributed by atoms with E-state index in [9.17, 15) is 0 Å². The molecule has 1 atom stereocenters. The summed E-state index contributed by atoms with van der Waals surface area (Å²) in [4.78, 5) is 0. The van der Waals surface area contributed by atoms with Gasteiger partial charge in [-0.3, -0.25) is 4.68 Å². The van der Waals surface area contributed by atoms with Crippen LogP contribution >= 0.6 is 0 Å². The van der Waals surface area contributed by atoms with Crippen LogP contribution in [0.5, 0.6) is 0 Å². The quantitative estimate of drug-likeness (QED) is 0.543. The molecular formula is C13H20N2O3. The lowest BCUT2D eigenvalue weighted by atomic mass is 10.1. The minimum atomic E-state index is -0.0579. The summed E-state index contributed by atoms with van der Waals surface area (Å²) >= 11 is 0. The summed E-state index contributed by atoms with van der Waals surface area (Å²) in [5.74, 6) is 0.